The molecule has 77 heavy (non-hydrogen) atoms. The molecule has 0 fully saturated rings. The van der Waals surface area contributed by atoms with Crippen LogP contribution in [-0.2, 0) is 32.7 Å². The Hall–Kier alpha value is -1.25. The lowest BCUT2D eigenvalue weighted by molar-refractivity contribution is -0.161. The fraction of sp³-hybridized carbons (Fsp3) is 0.940. The van der Waals surface area contributed by atoms with Crippen molar-refractivity contribution in [2.45, 2.75) is 380 Å². The molecule has 2 unspecified atom stereocenters. The normalized spacial score (nSPS) is 12.9. The minimum Gasteiger partial charge on any atom is -0.462 e. The number of esters is 2. The first kappa shape index (κ1) is 75.8. The highest BCUT2D eigenvalue weighted by atomic mass is 31.2. The molecule has 0 heterocycles. The number of ether oxygens (including phenoxy) is 2. The van der Waals surface area contributed by atoms with Crippen molar-refractivity contribution in [3.05, 3.63) is 12.2 Å². The van der Waals surface area contributed by atoms with Crippen LogP contribution < -0.4 is 5.73 Å². The summed E-state index contributed by atoms with van der Waals surface area (Å²) in [5, 5.41) is 0. The van der Waals surface area contributed by atoms with Gasteiger partial charge in [0.2, 0.25) is 0 Å². The molecule has 0 amide bonds. The van der Waals surface area contributed by atoms with E-state index in [1.54, 1.807) is 0 Å². The third-order valence-corrected chi connectivity index (χ3v) is 16.6. The van der Waals surface area contributed by atoms with Crippen LogP contribution in [0.1, 0.15) is 373 Å². The highest BCUT2D eigenvalue weighted by Crippen LogP contribution is 2.43. The fourth-order valence-electron chi connectivity index (χ4n) is 10.6. The average Bonchev–Trinajstić information content (AvgIpc) is 3.42. The maximum Gasteiger partial charge on any atom is 0.472 e. The summed E-state index contributed by atoms with van der Waals surface area (Å²) in [6.07, 6.45) is 76.2. The molecule has 0 aliphatic heterocycles. The zero-order valence-electron chi connectivity index (χ0n) is 51.5. The second-order valence-corrected chi connectivity index (χ2v) is 24.9. The molecule has 0 saturated carbocycles. The van der Waals surface area contributed by atoms with Gasteiger partial charge < -0.3 is 20.1 Å². The Balaban J connectivity index is 3.69. The molecule has 2 atom stereocenters. The molecule has 0 aliphatic rings. The van der Waals surface area contributed by atoms with Crippen LogP contribution in [0.2, 0.25) is 0 Å². The number of hydrogen-bond acceptors (Lipinski definition) is 8. The van der Waals surface area contributed by atoms with E-state index < -0.39 is 26.5 Å². The lowest BCUT2D eigenvalue weighted by Gasteiger charge is -2.19. The monoisotopic (exact) mass is 1110 g/mol. The first-order valence-electron chi connectivity index (χ1n) is 34.2. The molecule has 0 spiro atoms. The van der Waals surface area contributed by atoms with Crippen molar-refractivity contribution in [1.82, 2.24) is 0 Å². The molecular weight excluding hydrogens is 978 g/mol. The third-order valence-electron chi connectivity index (χ3n) is 15.7. The first-order chi connectivity index (χ1) is 37.8. The van der Waals surface area contributed by atoms with Crippen molar-refractivity contribution < 1.29 is 37.6 Å². The summed E-state index contributed by atoms with van der Waals surface area (Å²) in [6.45, 7) is 3.80. The van der Waals surface area contributed by atoms with E-state index in [2.05, 4.69) is 26.0 Å². The molecule has 0 bridgehead atoms. The Morgan fingerprint density at radius 3 is 0.922 bits per heavy atom. The molecule has 0 saturated heterocycles. The SMILES string of the molecule is CCCCCCCCC/C=C\CCCCCCCC(=O)OC(COC(=O)CCCCCCCCCCCCCCCCCCCCCCCCCCCCCCCCCCCCCCCCCC)COP(=O)(O)OCCN. The van der Waals surface area contributed by atoms with Crippen LogP contribution in [-0.4, -0.2) is 49.3 Å². The first-order valence-corrected chi connectivity index (χ1v) is 35.7. The lowest BCUT2D eigenvalue weighted by Crippen LogP contribution is -2.29. The molecule has 0 aromatic carbocycles. The molecule has 0 aliphatic carbocycles. The van der Waals surface area contributed by atoms with Gasteiger partial charge >= 0.3 is 19.8 Å². The van der Waals surface area contributed by atoms with Crippen LogP contribution in [0.5, 0.6) is 0 Å². The van der Waals surface area contributed by atoms with Gasteiger partial charge in [0, 0.05) is 19.4 Å². The number of phosphoric ester groups is 1. The van der Waals surface area contributed by atoms with Gasteiger partial charge in [-0.05, 0) is 38.5 Å². The largest absolute Gasteiger partial charge is 0.472 e. The summed E-state index contributed by atoms with van der Waals surface area (Å²) in [6, 6.07) is 0. The summed E-state index contributed by atoms with van der Waals surface area (Å²) in [5.74, 6) is -0.817. The molecular formula is C67H132NO8P. The van der Waals surface area contributed by atoms with E-state index in [4.69, 9.17) is 24.3 Å². The van der Waals surface area contributed by atoms with Gasteiger partial charge in [0.1, 0.15) is 6.61 Å². The summed E-state index contributed by atoms with van der Waals surface area (Å²) in [4.78, 5) is 35.2. The molecule has 10 heteroatoms. The molecule has 0 rings (SSSR count). The molecule has 458 valence electrons. The predicted molar refractivity (Wildman–Crippen MR) is 331 cm³/mol. The van der Waals surface area contributed by atoms with Gasteiger partial charge in [-0.1, -0.05) is 334 Å². The maximum absolute atomic E-state index is 12.7. The van der Waals surface area contributed by atoms with Crippen molar-refractivity contribution in [2.24, 2.45) is 5.73 Å². The summed E-state index contributed by atoms with van der Waals surface area (Å²) < 4.78 is 33.1. The predicted octanol–water partition coefficient (Wildman–Crippen LogP) is 22.0. The number of unbranched alkanes of at least 4 members (excludes halogenated alkanes) is 51. The Morgan fingerprint density at radius 1 is 0.377 bits per heavy atom. The number of nitrogens with two attached hydrogens (primary N) is 1. The van der Waals surface area contributed by atoms with Crippen LogP contribution in [0.4, 0.5) is 0 Å². The summed E-state index contributed by atoms with van der Waals surface area (Å²) in [5.41, 5.74) is 5.39. The Labute approximate surface area is 479 Å². The number of allylic oxidation sites excluding steroid dienone is 2. The highest BCUT2D eigenvalue weighted by Gasteiger charge is 2.26. The van der Waals surface area contributed by atoms with Gasteiger partial charge in [0.05, 0.1) is 13.2 Å². The molecule has 9 nitrogen and oxygen atoms in total. The van der Waals surface area contributed by atoms with Crippen molar-refractivity contribution in [1.29, 1.82) is 0 Å². The van der Waals surface area contributed by atoms with Gasteiger partial charge in [-0.25, -0.2) is 4.57 Å². The second kappa shape index (κ2) is 63.9. The van der Waals surface area contributed by atoms with Gasteiger partial charge in [-0.3, -0.25) is 18.6 Å². The van der Waals surface area contributed by atoms with Crippen LogP contribution >= 0.6 is 7.82 Å². The fourth-order valence-corrected chi connectivity index (χ4v) is 11.3. The topological polar surface area (TPSA) is 134 Å². The van der Waals surface area contributed by atoms with E-state index in [9.17, 15) is 19.0 Å². The van der Waals surface area contributed by atoms with Crippen molar-refractivity contribution >= 4 is 19.8 Å². The van der Waals surface area contributed by atoms with E-state index in [1.165, 1.54) is 289 Å². The van der Waals surface area contributed by atoms with E-state index in [0.717, 1.165) is 51.4 Å². The number of hydrogen-bond donors (Lipinski definition) is 2. The third kappa shape index (κ3) is 63.8. The minimum atomic E-state index is -4.39. The van der Waals surface area contributed by atoms with Crippen LogP contribution in [0, 0.1) is 0 Å². The Bertz CT molecular complexity index is 1270. The van der Waals surface area contributed by atoms with Crippen molar-refractivity contribution in [3.63, 3.8) is 0 Å². The molecule has 3 N–H and O–H groups in total. The van der Waals surface area contributed by atoms with Gasteiger partial charge in [0.25, 0.3) is 0 Å². The zero-order valence-corrected chi connectivity index (χ0v) is 52.4. The van der Waals surface area contributed by atoms with E-state index >= 15 is 0 Å². The van der Waals surface area contributed by atoms with E-state index in [-0.39, 0.29) is 38.6 Å². The van der Waals surface area contributed by atoms with Crippen molar-refractivity contribution in [3.8, 4) is 0 Å². The van der Waals surface area contributed by atoms with E-state index in [1.807, 2.05) is 0 Å². The summed E-state index contributed by atoms with van der Waals surface area (Å²) in [7, 11) is -4.39. The number of carbonyl (C=O) groups excluding carboxylic acids is 2. The van der Waals surface area contributed by atoms with Crippen LogP contribution in [0.15, 0.2) is 12.2 Å². The molecule has 0 aromatic heterocycles. The van der Waals surface area contributed by atoms with E-state index in [0.29, 0.717) is 6.42 Å². The van der Waals surface area contributed by atoms with Gasteiger partial charge in [-0.2, -0.15) is 0 Å². The Kier molecular flexibility index (Phi) is 62.9. The van der Waals surface area contributed by atoms with Crippen LogP contribution in [0.3, 0.4) is 0 Å². The molecule has 0 radical (unpaired) electrons. The number of rotatable bonds is 66. The molecule has 0 aromatic rings. The van der Waals surface area contributed by atoms with Crippen molar-refractivity contribution in [2.75, 3.05) is 26.4 Å². The van der Waals surface area contributed by atoms with Crippen LogP contribution in [0.25, 0.3) is 0 Å². The zero-order chi connectivity index (χ0) is 55.9. The van der Waals surface area contributed by atoms with Gasteiger partial charge in [0.15, 0.2) is 6.10 Å². The standard InChI is InChI=1S/C67H132NO8P/c1-3-5-7-9-11-13-15-17-19-21-22-23-24-25-26-27-28-29-30-31-32-33-34-35-36-37-38-39-40-41-42-43-44-46-47-49-51-53-55-57-59-66(69)73-63-65(64-75-77(71,72)74-62-61-68)76-67(70)60-58-56-54-52-50-48-45-20-18-16-14-12-10-8-6-4-2/h20,45,65H,3-19,21-44,46-64,68H2,1-2H3,(H,71,72)/b45-20-. The highest BCUT2D eigenvalue weighted by molar-refractivity contribution is 7.47. The summed E-state index contributed by atoms with van der Waals surface area (Å²) >= 11 is 0. The van der Waals surface area contributed by atoms with Gasteiger partial charge in [-0.15, -0.1) is 0 Å². The second-order valence-electron chi connectivity index (χ2n) is 23.4. The lowest BCUT2D eigenvalue weighted by atomic mass is 10.0. The average molecular weight is 1110 g/mol. The smallest absolute Gasteiger partial charge is 0.462 e. The Morgan fingerprint density at radius 2 is 0.636 bits per heavy atom. The number of phosphoric acid groups is 1. The minimum absolute atomic E-state index is 0.0553. The maximum atomic E-state index is 12.7. The number of carbonyl (C=O) groups is 2. The quantitative estimate of drug-likeness (QED) is 0.0264.